The van der Waals surface area contributed by atoms with E-state index in [4.69, 9.17) is 0 Å². The molecule has 2 aliphatic rings. The standard InChI is InChI=1S/C21H24FN3O3S/c22-19-9-2-1-8-18(19)20-10-13-24(20)15-21(26)23-16-6-5-7-17(14-16)29(27,28)25-11-3-4-12-25/h1-2,5-9,14,20H,3-4,10-13,15H2,(H,23,26)/t20-/m1/s1. The number of carbonyl (C=O) groups is 1. The van der Waals surface area contributed by atoms with E-state index in [1.54, 1.807) is 36.4 Å². The van der Waals surface area contributed by atoms with Gasteiger partial charge in [0.05, 0.1) is 11.4 Å². The highest BCUT2D eigenvalue weighted by Crippen LogP contribution is 2.34. The fourth-order valence-electron chi connectivity index (χ4n) is 3.92. The molecule has 2 aliphatic heterocycles. The Balaban J connectivity index is 1.41. The first-order chi connectivity index (χ1) is 13.9. The van der Waals surface area contributed by atoms with E-state index < -0.39 is 10.0 Å². The molecule has 0 bridgehead atoms. The van der Waals surface area contributed by atoms with Gasteiger partial charge in [0.1, 0.15) is 5.82 Å². The van der Waals surface area contributed by atoms with Gasteiger partial charge in [0.2, 0.25) is 15.9 Å². The summed E-state index contributed by atoms with van der Waals surface area (Å²) in [7, 11) is -3.53. The van der Waals surface area contributed by atoms with Crippen LogP contribution >= 0.6 is 0 Å². The van der Waals surface area contributed by atoms with Crippen LogP contribution in [0.5, 0.6) is 0 Å². The third-order valence-electron chi connectivity index (χ3n) is 5.56. The molecule has 2 aromatic carbocycles. The summed E-state index contributed by atoms with van der Waals surface area (Å²) in [6.45, 7) is 1.91. The van der Waals surface area contributed by atoms with E-state index in [-0.39, 0.29) is 29.2 Å². The van der Waals surface area contributed by atoms with Gasteiger partial charge in [-0.25, -0.2) is 12.8 Å². The van der Waals surface area contributed by atoms with Crippen molar-refractivity contribution in [3.63, 3.8) is 0 Å². The van der Waals surface area contributed by atoms with Crippen LogP contribution in [0.4, 0.5) is 10.1 Å². The zero-order valence-corrected chi connectivity index (χ0v) is 16.9. The maximum Gasteiger partial charge on any atom is 0.243 e. The van der Waals surface area contributed by atoms with Gasteiger partial charge >= 0.3 is 0 Å². The van der Waals surface area contributed by atoms with Crippen LogP contribution < -0.4 is 5.32 Å². The predicted molar refractivity (Wildman–Crippen MR) is 108 cm³/mol. The molecule has 8 heteroatoms. The second-order valence-corrected chi connectivity index (χ2v) is 9.42. The van der Waals surface area contributed by atoms with Crippen molar-refractivity contribution < 1.29 is 17.6 Å². The first-order valence-electron chi connectivity index (χ1n) is 9.84. The predicted octanol–water partition coefficient (Wildman–Crippen LogP) is 3.00. The monoisotopic (exact) mass is 417 g/mol. The van der Waals surface area contributed by atoms with Crippen LogP contribution in [0.15, 0.2) is 53.4 Å². The average molecular weight is 418 g/mol. The summed E-state index contributed by atoms with van der Waals surface area (Å²) < 4.78 is 40.9. The molecule has 154 valence electrons. The zero-order chi connectivity index (χ0) is 20.4. The molecule has 1 atom stereocenters. The molecule has 0 spiro atoms. The first kappa shape index (κ1) is 20.0. The summed E-state index contributed by atoms with van der Waals surface area (Å²) in [5.74, 6) is -0.510. The van der Waals surface area contributed by atoms with Crippen LogP contribution in [0.3, 0.4) is 0 Å². The van der Waals surface area contributed by atoms with E-state index in [1.165, 1.54) is 16.4 Å². The van der Waals surface area contributed by atoms with E-state index in [0.717, 1.165) is 25.8 Å². The average Bonchev–Trinajstić information content (AvgIpc) is 3.23. The van der Waals surface area contributed by atoms with Crippen molar-refractivity contribution >= 4 is 21.6 Å². The second-order valence-electron chi connectivity index (χ2n) is 7.48. The number of halogens is 1. The molecule has 0 radical (unpaired) electrons. The Morgan fingerprint density at radius 2 is 1.83 bits per heavy atom. The van der Waals surface area contributed by atoms with Crippen LogP contribution in [0.2, 0.25) is 0 Å². The number of hydrogen-bond donors (Lipinski definition) is 1. The lowest BCUT2D eigenvalue weighted by Crippen LogP contribution is -2.45. The Morgan fingerprint density at radius 1 is 1.07 bits per heavy atom. The third-order valence-corrected chi connectivity index (χ3v) is 7.46. The first-order valence-corrected chi connectivity index (χ1v) is 11.3. The minimum atomic E-state index is -3.53. The Kier molecular flexibility index (Phi) is 5.67. The molecule has 1 amide bonds. The number of benzene rings is 2. The molecule has 0 saturated carbocycles. The van der Waals surface area contributed by atoms with Gasteiger partial charge in [-0.3, -0.25) is 9.69 Å². The number of sulfonamides is 1. The quantitative estimate of drug-likeness (QED) is 0.785. The molecule has 1 N–H and O–H groups in total. The van der Waals surface area contributed by atoms with Gasteiger partial charge in [0.15, 0.2) is 0 Å². The van der Waals surface area contributed by atoms with Gasteiger partial charge in [0.25, 0.3) is 0 Å². The SMILES string of the molecule is O=C(CN1CC[C@@H]1c1ccccc1F)Nc1cccc(S(=O)(=O)N2CCCC2)c1. The van der Waals surface area contributed by atoms with E-state index in [9.17, 15) is 17.6 Å². The van der Waals surface area contributed by atoms with E-state index >= 15 is 0 Å². The van der Waals surface area contributed by atoms with E-state index in [2.05, 4.69) is 5.32 Å². The topological polar surface area (TPSA) is 69.7 Å². The van der Waals surface area contributed by atoms with Crippen molar-refractivity contribution in [3.8, 4) is 0 Å². The molecule has 2 fully saturated rings. The highest BCUT2D eigenvalue weighted by atomic mass is 32.2. The normalized spacial score (nSPS) is 20.4. The fourth-order valence-corrected chi connectivity index (χ4v) is 5.49. The lowest BCUT2D eigenvalue weighted by Gasteiger charge is -2.40. The number of rotatable bonds is 6. The van der Waals surface area contributed by atoms with Crippen LogP contribution in [-0.2, 0) is 14.8 Å². The highest BCUT2D eigenvalue weighted by molar-refractivity contribution is 7.89. The molecule has 2 saturated heterocycles. The van der Waals surface area contributed by atoms with Gasteiger partial charge in [-0.1, -0.05) is 24.3 Å². The summed E-state index contributed by atoms with van der Waals surface area (Å²) in [6, 6.07) is 12.9. The van der Waals surface area contributed by atoms with Crippen LogP contribution in [0.1, 0.15) is 30.9 Å². The smallest absolute Gasteiger partial charge is 0.243 e. The maximum atomic E-state index is 14.0. The molecule has 0 aliphatic carbocycles. The summed E-state index contributed by atoms with van der Waals surface area (Å²) in [5, 5.41) is 2.77. The Morgan fingerprint density at radius 3 is 2.52 bits per heavy atom. The Labute approximate surface area is 170 Å². The van der Waals surface area contributed by atoms with Crippen molar-refractivity contribution in [1.29, 1.82) is 0 Å². The molecule has 6 nitrogen and oxygen atoms in total. The van der Waals surface area contributed by atoms with Gasteiger partial charge in [-0.05, 0) is 43.5 Å². The van der Waals surface area contributed by atoms with Crippen molar-refractivity contribution in [3.05, 3.63) is 59.9 Å². The second kappa shape index (κ2) is 8.22. The third kappa shape index (κ3) is 4.19. The molecular weight excluding hydrogens is 393 g/mol. The summed E-state index contributed by atoms with van der Waals surface area (Å²) >= 11 is 0. The fraction of sp³-hybridized carbons (Fsp3) is 0.381. The minimum Gasteiger partial charge on any atom is -0.325 e. The number of carbonyl (C=O) groups excluding carboxylic acids is 1. The number of nitrogens with one attached hydrogen (secondary N) is 1. The van der Waals surface area contributed by atoms with E-state index in [0.29, 0.717) is 24.3 Å². The van der Waals surface area contributed by atoms with Crippen molar-refractivity contribution in [2.75, 3.05) is 31.5 Å². The zero-order valence-electron chi connectivity index (χ0n) is 16.1. The molecule has 29 heavy (non-hydrogen) atoms. The number of anilines is 1. The maximum absolute atomic E-state index is 14.0. The van der Waals surface area contributed by atoms with Crippen LogP contribution in [0.25, 0.3) is 0 Å². The number of nitrogens with zero attached hydrogens (tertiary/aromatic N) is 2. The molecule has 2 heterocycles. The van der Waals surface area contributed by atoms with Crippen LogP contribution in [-0.4, -0.2) is 49.7 Å². The highest BCUT2D eigenvalue weighted by Gasteiger charge is 2.32. The van der Waals surface area contributed by atoms with Crippen LogP contribution in [0, 0.1) is 5.82 Å². The summed E-state index contributed by atoms with van der Waals surface area (Å²) in [6.07, 6.45) is 2.54. The largest absolute Gasteiger partial charge is 0.325 e. The lowest BCUT2D eigenvalue weighted by molar-refractivity contribution is -0.119. The van der Waals surface area contributed by atoms with E-state index in [1.807, 2.05) is 4.90 Å². The summed E-state index contributed by atoms with van der Waals surface area (Å²) in [4.78, 5) is 14.6. The van der Waals surface area contributed by atoms with Crippen molar-refractivity contribution in [2.24, 2.45) is 0 Å². The molecule has 4 rings (SSSR count). The van der Waals surface area contributed by atoms with Gasteiger partial charge in [-0.2, -0.15) is 4.31 Å². The van der Waals surface area contributed by atoms with Gasteiger partial charge < -0.3 is 5.32 Å². The summed E-state index contributed by atoms with van der Waals surface area (Å²) in [5.41, 5.74) is 1.04. The number of likely N-dealkylation sites (tertiary alicyclic amines) is 1. The Hall–Kier alpha value is -2.29. The molecule has 0 unspecified atom stereocenters. The minimum absolute atomic E-state index is 0.108. The molecule has 2 aromatic rings. The number of amides is 1. The van der Waals surface area contributed by atoms with Gasteiger partial charge in [-0.15, -0.1) is 0 Å². The molecular formula is C21H24FN3O3S. The van der Waals surface area contributed by atoms with Gasteiger partial charge in [0, 0.05) is 36.9 Å². The van der Waals surface area contributed by atoms with Crippen molar-refractivity contribution in [2.45, 2.75) is 30.2 Å². The Bertz CT molecular complexity index is 1010. The van der Waals surface area contributed by atoms with Crippen molar-refractivity contribution in [1.82, 2.24) is 9.21 Å². The molecule has 0 aromatic heterocycles. The number of hydrogen-bond acceptors (Lipinski definition) is 4. The lowest BCUT2D eigenvalue weighted by atomic mass is 9.94.